The maximum Gasteiger partial charge on any atom is 0.322 e. The number of benzene rings is 2. The lowest BCUT2D eigenvalue weighted by Gasteiger charge is -2.35. The zero-order chi connectivity index (χ0) is 15.8. The highest BCUT2D eigenvalue weighted by atomic mass is 32.2. The molecule has 1 unspecified atom stereocenters. The number of carbonyl (C=O) groups excluding carboxylic acids is 1. The summed E-state index contributed by atoms with van der Waals surface area (Å²) in [4.78, 5) is 15.8. The van der Waals surface area contributed by atoms with E-state index < -0.39 is 0 Å². The molecular formula is C19H20N2OS. The summed E-state index contributed by atoms with van der Waals surface area (Å²) in [7, 11) is 0. The van der Waals surface area contributed by atoms with Crippen LogP contribution in [0.25, 0.3) is 0 Å². The summed E-state index contributed by atoms with van der Waals surface area (Å²) in [6.45, 7) is 0.832. The van der Waals surface area contributed by atoms with E-state index in [1.165, 1.54) is 23.3 Å². The minimum atomic E-state index is -0.0683. The molecule has 0 bridgehead atoms. The number of carbonyl (C=O) groups is 1. The van der Waals surface area contributed by atoms with Crippen molar-refractivity contribution in [2.45, 2.75) is 23.8 Å². The summed E-state index contributed by atoms with van der Waals surface area (Å²) in [5, 5.41) is 3.20. The first-order valence-electron chi connectivity index (χ1n) is 8.07. The van der Waals surface area contributed by atoms with Crippen LogP contribution < -0.4 is 10.2 Å². The Bertz CT molecular complexity index is 727. The highest BCUT2D eigenvalue weighted by Gasteiger charge is 2.35. The average molecular weight is 324 g/mol. The molecule has 0 spiro atoms. The average Bonchev–Trinajstić information content (AvgIpc) is 3.41. The maximum absolute atomic E-state index is 12.7. The van der Waals surface area contributed by atoms with Crippen molar-refractivity contribution in [3.05, 3.63) is 59.7 Å². The van der Waals surface area contributed by atoms with Gasteiger partial charge in [-0.05, 0) is 48.8 Å². The van der Waals surface area contributed by atoms with Gasteiger partial charge in [-0.25, -0.2) is 4.79 Å². The molecule has 1 N–H and O–H groups in total. The predicted molar refractivity (Wildman–Crippen MR) is 95.1 cm³/mol. The molecule has 0 radical (unpaired) electrons. The first-order valence-corrected chi connectivity index (χ1v) is 9.29. The molecule has 0 saturated heterocycles. The molecule has 118 valence electrons. The number of urea groups is 1. The van der Waals surface area contributed by atoms with E-state index in [1.54, 1.807) is 11.8 Å². The lowest BCUT2D eigenvalue weighted by molar-refractivity contribution is 0.242. The van der Waals surface area contributed by atoms with E-state index in [2.05, 4.69) is 41.9 Å². The van der Waals surface area contributed by atoms with Gasteiger partial charge in [0.2, 0.25) is 0 Å². The Kier molecular flexibility index (Phi) is 3.77. The number of hydrogen-bond acceptors (Lipinski definition) is 2. The molecule has 2 amide bonds. The van der Waals surface area contributed by atoms with Gasteiger partial charge in [0.25, 0.3) is 0 Å². The van der Waals surface area contributed by atoms with Gasteiger partial charge in [-0.15, -0.1) is 11.8 Å². The fraction of sp³-hybridized carbons (Fsp3) is 0.316. The van der Waals surface area contributed by atoms with Gasteiger partial charge in [-0.1, -0.05) is 30.3 Å². The topological polar surface area (TPSA) is 32.3 Å². The molecule has 2 aliphatic rings. The first-order chi connectivity index (χ1) is 11.3. The number of thioether (sulfide) groups is 1. The van der Waals surface area contributed by atoms with Gasteiger partial charge in [-0.3, -0.25) is 4.90 Å². The van der Waals surface area contributed by atoms with Gasteiger partial charge < -0.3 is 5.32 Å². The quantitative estimate of drug-likeness (QED) is 0.843. The maximum atomic E-state index is 12.7. The Labute approximate surface area is 141 Å². The molecule has 2 aromatic carbocycles. The van der Waals surface area contributed by atoms with Crippen LogP contribution in [-0.4, -0.2) is 18.8 Å². The molecule has 1 saturated carbocycles. The zero-order valence-electron chi connectivity index (χ0n) is 13.2. The van der Waals surface area contributed by atoms with Gasteiger partial charge in [-0.2, -0.15) is 0 Å². The Balaban J connectivity index is 1.79. The first kappa shape index (κ1) is 14.6. The zero-order valence-corrected chi connectivity index (χ0v) is 14.0. The summed E-state index contributed by atoms with van der Waals surface area (Å²) in [6, 6.07) is 16.6. The smallest absolute Gasteiger partial charge is 0.322 e. The number of nitrogens with one attached hydrogen (secondary N) is 1. The fourth-order valence-electron chi connectivity index (χ4n) is 3.17. The molecule has 1 heterocycles. The van der Waals surface area contributed by atoms with Crippen LogP contribution in [0.1, 0.15) is 30.0 Å². The van der Waals surface area contributed by atoms with Crippen LogP contribution in [0.15, 0.2) is 53.4 Å². The van der Waals surface area contributed by atoms with Crippen molar-refractivity contribution in [3.63, 3.8) is 0 Å². The van der Waals surface area contributed by atoms with Crippen LogP contribution in [0.3, 0.4) is 0 Å². The van der Waals surface area contributed by atoms with Crippen molar-refractivity contribution in [3.8, 4) is 0 Å². The fourth-order valence-corrected chi connectivity index (χ4v) is 3.62. The van der Waals surface area contributed by atoms with E-state index in [-0.39, 0.29) is 12.1 Å². The number of anilines is 1. The predicted octanol–water partition coefficient (Wildman–Crippen LogP) is 4.44. The molecule has 4 rings (SSSR count). The third-order valence-electron chi connectivity index (χ3n) is 4.62. The van der Waals surface area contributed by atoms with Gasteiger partial charge >= 0.3 is 6.03 Å². The standard InChI is InChI=1S/C19H20N2OS/c1-23-15-9-10-17-16(11-15)18(14-5-3-2-4-6-14)20-19(22)21(17)12-13-7-8-13/h2-6,9-11,13,18H,7-8,12H2,1H3,(H,20,22). The van der Waals surface area contributed by atoms with Crippen LogP contribution in [0.2, 0.25) is 0 Å². The van der Waals surface area contributed by atoms with Gasteiger partial charge in [0.1, 0.15) is 0 Å². The van der Waals surface area contributed by atoms with Crippen LogP contribution in [-0.2, 0) is 0 Å². The second-order valence-corrected chi connectivity index (χ2v) is 7.15. The molecule has 3 nitrogen and oxygen atoms in total. The second kappa shape index (κ2) is 5.93. The SMILES string of the molecule is CSc1ccc2c(c1)C(c1ccccc1)NC(=O)N2CC1CC1. The van der Waals surface area contributed by atoms with E-state index in [4.69, 9.17) is 0 Å². The summed E-state index contributed by atoms with van der Waals surface area (Å²) in [5.41, 5.74) is 3.39. The van der Waals surface area contributed by atoms with Gasteiger partial charge in [0.05, 0.1) is 11.7 Å². The largest absolute Gasteiger partial charge is 0.327 e. The molecular weight excluding hydrogens is 304 g/mol. The van der Waals surface area contributed by atoms with Crippen LogP contribution >= 0.6 is 11.8 Å². The summed E-state index contributed by atoms with van der Waals surface area (Å²) in [5.74, 6) is 0.669. The normalized spacial score (nSPS) is 20.1. The molecule has 1 atom stereocenters. The Morgan fingerprint density at radius 1 is 1.17 bits per heavy atom. The number of rotatable bonds is 4. The van der Waals surface area contributed by atoms with Gasteiger partial charge in [0, 0.05) is 17.0 Å². The van der Waals surface area contributed by atoms with Crippen LogP contribution in [0.4, 0.5) is 10.5 Å². The number of fused-ring (bicyclic) bond motifs is 1. The number of hydrogen-bond donors (Lipinski definition) is 1. The van der Waals surface area contributed by atoms with Crippen molar-refractivity contribution in [1.29, 1.82) is 0 Å². The second-order valence-electron chi connectivity index (χ2n) is 6.27. The number of amides is 2. The summed E-state index contributed by atoms with van der Waals surface area (Å²) < 4.78 is 0. The van der Waals surface area contributed by atoms with Gasteiger partial charge in [0.15, 0.2) is 0 Å². The monoisotopic (exact) mass is 324 g/mol. The molecule has 23 heavy (non-hydrogen) atoms. The van der Waals surface area contributed by atoms with Crippen molar-refractivity contribution in [1.82, 2.24) is 5.32 Å². The van der Waals surface area contributed by atoms with E-state index in [0.717, 1.165) is 17.8 Å². The van der Waals surface area contributed by atoms with Crippen molar-refractivity contribution < 1.29 is 4.79 Å². The summed E-state index contributed by atoms with van der Waals surface area (Å²) >= 11 is 1.74. The van der Waals surface area contributed by atoms with E-state index in [1.807, 2.05) is 23.1 Å². The van der Waals surface area contributed by atoms with Crippen molar-refractivity contribution in [2.75, 3.05) is 17.7 Å². The van der Waals surface area contributed by atoms with E-state index >= 15 is 0 Å². The number of nitrogens with zero attached hydrogens (tertiary/aromatic N) is 1. The lowest BCUT2D eigenvalue weighted by atomic mass is 9.95. The van der Waals surface area contributed by atoms with Crippen LogP contribution in [0.5, 0.6) is 0 Å². The lowest BCUT2D eigenvalue weighted by Crippen LogP contribution is -2.47. The van der Waals surface area contributed by atoms with Crippen LogP contribution in [0, 0.1) is 5.92 Å². The molecule has 1 aliphatic heterocycles. The Hall–Kier alpha value is -1.94. The van der Waals surface area contributed by atoms with E-state index in [9.17, 15) is 4.79 Å². The highest BCUT2D eigenvalue weighted by Crippen LogP contribution is 2.39. The minimum absolute atomic E-state index is 0.0233. The minimum Gasteiger partial charge on any atom is -0.327 e. The third-order valence-corrected chi connectivity index (χ3v) is 5.35. The highest BCUT2D eigenvalue weighted by molar-refractivity contribution is 7.98. The molecule has 1 fully saturated rings. The Morgan fingerprint density at radius 2 is 1.96 bits per heavy atom. The molecule has 4 heteroatoms. The molecule has 2 aromatic rings. The Morgan fingerprint density at radius 3 is 2.65 bits per heavy atom. The van der Waals surface area contributed by atoms with E-state index in [0.29, 0.717) is 5.92 Å². The van der Waals surface area contributed by atoms with Crippen molar-refractivity contribution in [2.24, 2.45) is 5.92 Å². The molecule has 1 aliphatic carbocycles. The van der Waals surface area contributed by atoms with Crippen molar-refractivity contribution >= 4 is 23.5 Å². The summed E-state index contributed by atoms with van der Waals surface area (Å²) in [6.07, 6.45) is 4.57. The third kappa shape index (κ3) is 2.83. The molecule has 0 aromatic heterocycles.